The highest BCUT2D eigenvalue weighted by molar-refractivity contribution is 6.30. The van der Waals surface area contributed by atoms with E-state index in [2.05, 4.69) is 0 Å². The Labute approximate surface area is 232 Å². The SMILES string of the molecule is COc1cc(C(=O)N(CC(=O)O)Cc2ccc(OC(C)C)cc2)cc2c1O[C@@](C)(Cc1ccc(Cl)c(F)c1)C2. The molecule has 0 aliphatic carbocycles. The maximum Gasteiger partial charge on any atom is 0.323 e. The average molecular weight is 556 g/mol. The normalized spacial score (nSPS) is 16.0. The van der Waals surface area contributed by atoms with Crippen LogP contribution in [0.15, 0.2) is 54.6 Å². The van der Waals surface area contributed by atoms with Gasteiger partial charge in [0.2, 0.25) is 0 Å². The minimum Gasteiger partial charge on any atom is -0.493 e. The van der Waals surface area contributed by atoms with Crippen LogP contribution in [0.25, 0.3) is 0 Å². The molecule has 0 spiro atoms. The Balaban J connectivity index is 1.57. The van der Waals surface area contributed by atoms with Gasteiger partial charge in [0.1, 0.15) is 23.7 Å². The Morgan fingerprint density at radius 2 is 1.82 bits per heavy atom. The van der Waals surface area contributed by atoms with Crippen molar-refractivity contribution >= 4 is 23.5 Å². The minimum absolute atomic E-state index is 0.0221. The van der Waals surface area contributed by atoms with Gasteiger partial charge in [0, 0.05) is 30.5 Å². The lowest BCUT2D eigenvalue weighted by Crippen LogP contribution is -2.35. The molecule has 0 fully saturated rings. The fourth-order valence-electron chi connectivity index (χ4n) is 4.76. The molecule has 1 amide bonds. The zero-order chi connectivity index (χ0) is 28.3. The van der Waals surface area contributed by atoms with Gasteiger partial charge in [0.15, 0.2) is 11.5 Å². The number of aliphatic carboxylic acids is 1. The maximum absolute atomic E-state index is 14.0. The molecule has 1 aliphatic heterocycles. The quantitative estimate of drug-likeness (QED) is 0.333. The number of hydrogen-bond donors (Lipinski definition) is 1. The number of amides is 1. The first-order valence-corrected chi connectivity index (χ1v) is 12.9. The van der Waals surface area contributed by atoms with Crippen LogP contribution in [0.2, 0.25) is 5.02 Å². The molecule has 1 heterocycles. The van der Waals surface area contributed by atoms with E-state index in [1.165, 1.54) is 24.1 Å². The molecule has 3 aromatic rings. The molecular formula is C30H31ClFNO6. The number of methoxy groups -OCH3 is 1. The number of carbonyl (C=O) groups is 2. The van der Waals surface area contributed by atoms with Crippen molar-refractivity contribution in [3.8, 4) is 17.2 Å². The molecule has 0 saturated carbocycles. The molecule has 0 radical (unpaired) electrons. The van der Waals surface area contributed by atoms with Crippen molar-refractivity contribution in [2.45, 2.75) is 51.9 Å². The highest BCUT2D eigenvalue weighted by Gasteiger charge is 2.38. The third kappa shape index (κ3) is 6.81. The molecular weight excluding hydrogens is 525 g/mol. The van der Waals surface area contributed by atoms with Crippen molar-refractivity contribution in [1.29, 1.82) is 0 Å². The molecule has 0 bridgehead atoms. The van der Waals surface area contributed by atoms with E-state index in [9.17, 15) is 19.1 Å². The van der Waals surface area contributed by atoms with Crippen LogP contribution in [0.1, 0.15) is 47.8 Å². The molecule has 4 rings (SSSR count). The summed E-state index contributed by atoms with van der Waals surface area (Å²) in [7, 11) is 1.48. The summed E-state index contributed by atoms with van der Waals surface area (Å²) in [5, 5.41) is 9.56. The van der Waals surface area contributed by atoms with E-state index in [0.717, 1.165) is 16.7 Å². The first-order chi connectivity index (χ1) is 18.5. The summed E-state index contributed by atoms with van der Waals surface area (Å²) in [6, 6.07) is 15.1. The number of ether oxygens (including phenoxy) is 3. The van der Waals surface area contributed by atoms with Crippen molar-refractivity contribution in [3.63, 3.8) is 0 Å². The lowest BCUT2D eigenvalue weighted by molar-refractivity contribution is -0.137. The largest absolute Gasteiger partial charge is 0.493 e. The van der Waals surface area contributed by atoms with Crippen LogP contribution in [0.3, 0.4) is 0 Å². The second kappa shape index (κ2) is 11.5. The van der Waals surface area contributed by atoms with E-state index < -0.39 is 29.8 Å². The van der Waals surface area contributed by atoms with Gasteiger partial charge >= 0.3 is 5.97 Å². The molecule has 39 heavy (non-hydrogen) atoms. The van der Waals surface area contributed by atoms with Gasteiger partial charge in [-0.1, -0.05) is 29.8 Å². The monoisotopic (exact) mass is 555 g/mol. The van der Waals surface area contributed by atoms with Crippen LogP contribution >= 0.6 is 11.6 Å². The number of fused-ring (bicyclic) bond motifs is 1. The molecule has 0 unspecified atom stereocenters. The fourth-order valence-corrected chi connectivity index (χ4v) is 4.88. The first kappa shape index (κ1) is 28.2. The Morgan fingerprint density at radius 3 is 2.44 bits per heavy atom. The summed E-state index contributed by atoms with van der Waals surface area (Å²) >= 11 is 5.82. The van der Waals surface area contributed by atoms with Crippen LogP contribution in [-0.4, -0.2) is 47.2 Å². The van der Waals surface area contributed by atoms with Gasteiger partial charge in [0.05, 0.1) is 18.2 Å². The van der Waals surface area contributed by atoms with E-state index in [-0.39, 0.29) is 23.2 Å². The Bertz CT molecular complexity index is 1380. The maximum atomic E-state index is 14.0. The topological polar surface area (TPSA) is 85.3 Å². The van der Waals surface area contributed by atoms with Crippen LogP contribution in [0, 0.1) is 5.82 Å². The van der Waals surface area contributed by atoms with Crippen molar-refractivity contribution in [2.75, 3.05) is 13.7 Å². The zero-order valence-electron chi connectivity index (χ0n) is 22.3. The average Bonchev–Trinajstić information content (AvgIpc) is 3.21. The van der Waals surface area contributed by atoms with E-state index in [4.69, 9.17) is 25.8 Å². The van der Waals surface area contributed by atoms with Crippen LogP contribution in [0.4, 0.5) is 4.39 Å². The summed E-state index contributed by atoms with van der Waals surface area (Å²) in [6.07, 6.45) is 0.874. The van der Waals surface area contributed by atoms with Crippen molar-refractivity contribution in [1.82, 2.24) is 4.90 Å². The van der Waals surface area contributed by atoms with Crippen molar-refractivity contribution in [2.24, 2.45) is 0 Å². The highest BCUT2D eigenvalue weighted by Crippen LogP contribution is 2.44. The Kier molecular flexibility index (Phi) is 8.35. The summed E-state index contributed by atoms with van der Waals surface area (Å²) < 4.78 is 31.5. The number of benzene rings is 3. The summed E-state index contributed by atoms with van der Waals surface area (Å²) in [5.74, 6) is -0.502. The molecule has 1 N–H and O–H groups in total. The smallest absolute Gasteiger partial charge is 0.323 e. The van der Waals surface area contributed by atoms with Gasteiger partial charge in [-0.25, -0.2) is 4.39 Å². The van der Waals surface area contributed by atoms with Crippen LogP contribution in [-0.2, 0) is 24.2 Å². The summed E-state index contributed by atoms with van der Waals surface area (Å²) in [4.78, 5) is 26.5. The number of carbonyl (C=O) groups excluding carboxylic acids is 1. The van der Waals surface area contributed by atoms with Gasteiger partial charge in [-0.05, 0) is 68.3 Å². The summed E-state index contributed by atoms with van der Waals surface area (Å²) in [5.41, 5.74) is 1.81. The Morgan fingerprint density at radius 1 is 1.13 bits per heavy atom. The number of rotatable bonds is 10. The molecule has 9 heteroatoms. The minimum atomic E-state index is -1.12. The van der Waals surface area contributed by atoms with Gasteiger partial charge in [-0.2, -0.15) is 0 Å². The fraction of sp³-hybridized carbons (Fsp3) is 0.333. The number of nitrogens with zero attached hydrogens (tertiary/aromatic N) is 1. The Hall–Kier alpha value is -3.78. The lowest BCUT2D eigenvalue weighted by atomic mass is 9.91. The van der Waals surface area contributed by atoms with E-state index in [1.807, 2.05) is 32.9 Å². The van der Waals surface area contributed by atoms with E-state index >= 15 is 0 Å². The molecule has 0 aromatic heterocycles. The molecule has 1 aliphatic rings. The molecule has 7 nitrogen and oxygen atoms in total. The van der Waals surface area contributed by atoms with Gasteiger partial charge in [-0.3, -0.25) is 9.59 Å². The van der Waals surface area contributed by atoms with Crippen molar-refractivity contribution < 1.29 is 33.3 Å². The van der Waals surface area contributed by atoms with Crippen LogP contribution < -0.4 is 14.2 Å². The number of carboxylic acid groups (broad SMARTS) is 1. The second-order valence-corrected chi connectivity index (χ2v) is 10.6. The zero-order valence-corrected chi connectivity index (χ0v) is 23.0. The highest BCUT2D eigenvalue weighted by atomic mass is 35.5. The predicted octanol–water partition coefficient (Wildman–Crippen LogP) is 5.94. The molecule has 3 aromatic carbocycles. The predicted molar refractivity (Wildman–Crippen MR) is 145 cm³/mol. The number of halogens is 2. The standard InChI is InChI=1S/C30H31ClFNO6/c1-18(2)38-23-8-5-19(6-9-23)16-33(17-27(34)35)29(36)21-12-22-15-30(3,39-28(22)26(13-21)37-4)14-20-7-10-24(31)25(32)11-20/h5-13,18H,14-17H2,1-4H3,(H,34,35)/t30-/m0/s1. The number of hydrogen-bond acceptors (Lipinski definition) is 5. The first-order valence-electron chi connectivity index (χ1n) is 12.6. The summed E-state index contributed by atoms with van der Waals surface area (Å²) in [6.45, 7) is 5.39. The third-order valence-corrected chi connectivity index (χ3v) is 6.66. The second-order valence-electron chi connectivity index (χ2n) is 10.2. The third-order valence-electron chi connectivity index (χ3n) is 6.36. The molecule has 0 saturated heterocycles. The van der Waals surface area contributed by atoms with Gasteiger partial charge in [0.25, 0.3) is 5.91 Å². The van der Waals surface area contributed by atoms with E-state index in [0.29, 0.717) is 30.1 Å². The molecule has 1 atom stereocenters. The van der Waals surface area contributed by atoms with Crippen LogP contribution in [0.5, 0.6) is 17.2 Å². The van der Waals surface area contributed by atoms with Crippen molar-refractivity contribution in [3.05, 3.63) is 87.7 Å². The van der Waals surface area contributed by atoms with E-state index in [1.54, 1.807) is 30.3 Å². The lowest BCUT2D eigenvalue weighted by Gasteiger charge is -2.24. The molecule has 206 valence electrons. The van der Waals surface area contributed by atoms with Gasteiger partial charge < -0.3 is 24.2 Å². The van der Waals surface area contributed by atoms with Gasteiger partial charge in [-0.15, -0.1) is 0 Å². The number of carboxylic acids is 1.